The van der Waals surface area contributed by atoms with E-state index in [9.17, 15) is 0 Å². The second-order valence-corrected chi connectivity index (χ2v) is 6.92. The number of rotatable bonds is 7. The fourth-order valence-electron chi connectivity index (χ4n) is 3.23. The lowest BCUT2D eigenvalue weighted by molar-refractivity contribution is 0.313. The van der Waals surface area contributed by atoms with Gasteiger partial charge in [0.1, 0.15) is 12.4 Å². The van der Waals surface area contributed by atoms with Crippen molar-refractivity contribution in [1.29, 1.82) is 0 Å². The predicted molar refractivity (Wildman–Crippen MR) is 98.7 cm³/mol. The van der Waals surface area contributed by atoms with Gasteiger partial charge in [-0.2, -0.15) is 0 Å². The first kappa shape index (κ1) is 17.1. The molecule has 2 aliphatic rings. The highest BCUT2D eigenvalue weighted by Crippen LogP contribution is 2.31. The SMILES string of the molecule is CN=C(NCCOc1ccc(C)cc1)NCC1CCN(C2CC2)C1. The molecule has 0 aromatic heterocycles. The number of guanidine groups is 1. The molecule has 1 aliphatic carbocycles. The number of benzene rings is 1. The Morgan fingerprint density at radius 2 is 2.00 bits per heavy atom. The third kappa shape index (κ3) is 5.13. The van der Waals surface area contributed by atoms with Gasteiger partial charge in [-0.3, -0.25) is 4.99 Å². The first-order valence-corrected chi connectivity index (χ1v) is 9.12. The van der Waals surface area contributed by atoms with Gasteiger partial charge in [-0.1, -0.05) is 17.7 Å². The molecule has 132 valence electrons. The Hall–Kier alpha value is -1.75. The van der Waals surface area contributed by atoms with Crippen LogP contribution in [0.15, 0.2) is 29.3 Å². The zero-order valence-corrected chi connectivity index (χ0v) is 14.9. The van der Waals surface area contributed by atoms with Gasteiger partial charge in [-0.05, 0) is 50.8 Å². The first-order chi connectivity index (χ1) is 11.7. The van der Waals surface area contributed by atoms with Gasteiger partial charge in [0, 0.05) is 26.2 Å². The van der Waals surface area contributed by atoms with Crippen molar-refractivity contribution in [3.05, 3.63) is 29.8 Å². The molecular formula is C19H30N4O. The van der Waals surface area contributed by atoms with Crippen LogP contribution in [-0.2, 0) is 0 Å². The molecule has 1 aliphatic heterocycles. The van der Waals surface area contributed by atoms with Crippen molar-refractivity contribution < 1.29 is 4.74 Å². The summed E-state index contributed by atoms with van der Waals surface area (Å²) in [6.07, 6.45) is 4.12. The minimum Gasteiger partial charge on any atom is -0.492 e. The fourth-order valence-corrected chi connectivity index (χ4v) is 3.23. The molecule has 0 spiro atoms. The van der Waals surface area contributed by atoms with E-state index in [0.717, 1.165) is 36.8 Å². The number of likely N-dealkylation sites (tertiary alicyclic amines) is 1. The Morgan fingerprint density at radius 1 is 1.21 bits per heavy atom. The van der Waals surface area contributed by atoms with E-state index < -0.39 is 0 Å². The van der Waals surface area contributed by atoms with Crippen LogP contribution in [0, 0.1) is 12.8 Å². The van der Waals surface area contributed by atoms with E-state index in [2.05, 4.69) is 39.6 Å². The monoisotopic (exact) mass is 330 g/mol. The second-order valence-electron chi connectivity index (χ2n) is 6.92. The largest absolute Gasteiger partial charge is 0.492 e. The summed E-state index contributed by atoms with van der Waals surface area (Å²) in [6.45, 7) is 6.96. The van der Waals surface area contributed by atoms with Gasteiger partial charge in [0.15, 0.2) is 5.96 Å². The standard InChI is InChI=1S/C19H30N4O/c1-15-3-7-18(8-4-15)24-12-10-21-19(20-2)22-13-16-9-11-23(14-16)17-5-6-17/h3-4,7-8,16-17H,5-6,9-14H2,1-2H3,(H2,20,21,22). The quantitative estimate of drug-likeness (QED) is 0.456. The molecule has 1 aromatic rings. The van der Waals surface area contributed by atoms with E-state index in [0.29, 0.717) is 6.61 Å². The molecule has 1 atom stereocenters. The average Bonchev–Trinajstić information content (AvgIpc) is 3.34. The predicted octanol–water partition coefficient (Wildman–Crippen LogP) is 2.02. The maximum absolute atomic E-state index is 5.73. The first-order valence-electron chi connectivity index (χ1n) is 9.12. The molecule has 2 fully saturated rings. The van der Waals surface area contributed by atoms with Crippen LogP contribution in [0.1, 0.15) is 24.8 Å². The number of nitrogens with zero attached hydrogens (tertiary/aromatic N) is 2. The Balaban J connectivity index is 1.29. The maximum atomic E-state index is 5.73. The fraction of sp³-hybridized carbons (Fsp3) is 0.632. The van der Waals surface area contributed by atoms with Crippen LogP contribution in [0.3, 0.4) is 0 Å². The van der Waals surface area contributed by atoms with Gasteiger partial charge in [0.05, 0.1) is 6.54 Å². The molecule has 5 heteroatoms. The van der Waals surface area contributed by atoms with Gasteiger partial charge in [-0.25, -0.2) is 0 Å². The lowest BCUT2D eigenvalue weighted by Crippen LogP contribution is -2.41. The van der Waals surface area contributed by atoms with Crippen molar-refractivity contribution in [3.8, 4) is 5.75 Å². The van der Waals surface area contributed by atoms with Crippen LogP contribution in [-0.4, -0.2) is 56.7 Å². The molecular weight excluding hydrogens is 300 g/mol. The van der Waals surface area contributed by atoms with Gasteiger partial charge in [0.2, 0.25) is 0 Å². The molecule has 1 saturated heterocycles. The van der Waals surface area contributed by atoms with Crippen LogP contribution in [0.25, 0.3) is 0 Å². The summed E-state index contributed by atoms with van der Waals surface area (Å²) in [4.78, 5) is 6.95. The minimum atomic E-state index is 0.628. The third-order valence-electron chi connectivity index (χ3n) is 4.85. The summed E-state index contributed by atoms with van der Waals surface area (Å²) in [6, 6.07) is 9.04. The minimum absolute atomic E-state index is 0.628. The van der Waals surface area contributed by atoms with Crippen molar-refractivity contribution >= 4 is 5.96 Å². The van der Waals surface area contributed by atoms with E-state index in [4.69, 9.17) is 4.74 Å². The molecule has 5 nitrogen and oxygen atoms in total. The Labute approximate surface area is 145 Å². The van der Waals surface area contributed by atoms with Crippen LogP contribution in [0.2, 0.25) is 0 Å². The lowest BCUT2D eigenvalue weighted by Gasteiger charge is -2.17. The number of aliphatic imine (C=N–C) groups is 1. The second kappa shape index (κ2) is 8.38. The highest BCUT2D eigenvalue weighted by atomic mass is 16.5. The van der Waals surface area contributed by atoms with Crippen molar-refractivity contribution in [2.24, 2.45) is 10.9 Å². The zero-order chi connectivity index (χ0) is 16.8. The lowest BCUT2D eigenvalue weighted by atomic mass is 10.1. The van der Waals surface area contributed by atoms with Crippen LogP contribution in [0.4, 0.5) is 0 Å². The molecule has 1 saturated carbocycles. The molecule has 3 rings (SSSR count). The summed E-state index contributed by atoms with van der Waals surface area (Å²) >= 11 is 0. The molecule has 2 N–H and O–H groups in total. The molecule has 0 bridgehead atoms. The summed E-state index contributed by atoms with van der Waals surface area (Å²) in [7, 11) is 1.82. The van der Waals surface area contributed by atoms with Crippen molar-refractivity contribution in [1.82, 2.24) is 15.5 Å². The number of aryl methyl sites for hydroxylation is 1. The van der Waals surface area contributed by atoms with E-state index in [-0.39, 0.29) is 0 Å². The van der Waals surface area contributed by atoms with Crippen LogP contribution >= 0.6 is 0 Å². The Kier molecular flexibility index (Phi) is 5.96. The number of ether oxygens (including phenoxy) is 1. The molecule has 1 unspecified atom stereocenters. The molecule has 1 aromatic carbocycles. The highest BCUT2D eigenvalue weighted by Gasteiger charge is 2.34. The van der Waals surface area contributed by atoms with Gasteiger partial charge in [0.25, 0.3) is 0 Å². The van der Waals surface area contributed by atoms with Gasteiger partial charge in [-0.15, -0.1) is 0 Å². The van der Waals surface area contributed by atoms with Crippen molar-refractivity contribution in [2.45, 2.75) is 32.2 Å². The van der Waals surface area contributed by atoms with E-state index in [1.165, 1.54) is 37.9 Å². The molecule has 1 heterocycles. The van der Waals surface area contributed by atoms with E-state index >= 15 is 0 Å². The number of hydrogen-bond donors (Lipinski definition) is 2. The van der Waals surface area contributed by atoms with Crippen molar-refractivity contribution in [3.63, 3.8) is 0 Å². The van der Waals surface area contributed by atoms with Gasteiger partial charge < -0.3 is 20.3 Å². The highest BCUT2D eigenvalue weighted by molar-refractivity contribution is 5.79. The average molecular weight is 330 g/mol. The normalized spacial score (nSPS) is 21.8. The molecule has 0 radical (unpaired) electrons. The topological polar surface area (TPSA) is 48.9 Å². The Bertz CT molecular complexity index is 539. The van der Waals surface area contributed by atoms with Gasteiger partial charge >= 0.3 is 0 Å². The third-order valence-corrected chi connectivity index (χ3v) is 4.85. The van der Waals surface area contributed by atoms with E-state index in [1.54, 1.807) is 0 Å². The number of nitrogens with one attached hydrogen (secondary N) is 2. The molecule has 0 amide bonds. The van der Waals surface area contributed by atoms with Crippen LogP contribution < -0.4 is 15.4 Å². The number of hydrogen-bond acceptors (Lipinski definition) is 3. The molecule has 24 heavy (non-hydrogen) atoms. The van der Waals surface area contributed by atoms with Crippen molar-refractivity contribution in [2.75, 3.05) is 39.8 Å². The van der Waals surface area contributed by atoms with E-state index in [1.807, 2.05) is 19.2 Å². The summed E-state index contributed by atoms with van der Waals surface area (Å²) in [5.41, 5.74) is 1.25. The maximum Gasteiger partial charge on any atom is 0.191 e. The summed E-state index contributed by atoms with van der Waals surface area (Å²) < 4.78 is 5.73. The van der Waals surface area contributed by atoms with Crippen LogP contribution in [0.5, 0.6) is 5.75 Å². The smallest absolute Gasteiger partial charge is 0.191 e. The summed E-state index contributed by atoms with van der Waals surface area (Å²) in [5, 5.41) is 6.78. The zero-order valence-electron chi connectivity index (χ0n) is 14.9. The Morgan fingerprint density at radius 3 is 2.71 bits per heavy atom. The summed E-state index contributed by atoms with van der Waals surface area (Å²) in [5.74, 6) is 2.52.